The lowest BCUT2D eigenvalue weighted by molar-refractivity contribution is 0.0945. The highest BCUT2D eigenvalue weighted by Gasteiger charge is 2.28. The number of fused-ring (bicyclic) bond motifs is 2. The summed E-state index contributed by atoms with van der Waals surface area (Å²) in [5.74, 6) is 0.684. The van der Waals surface area contributed by atoms with E-state index in [0.29, 0.717) is 24.7 Å². The Bertz CT molecular complexity index is 1040. The molecule has 0 aliphatic carbocycles. The number of nitrogens with one attached hydrogen (secondary N) is 1. The second-order valence-corrected chi connectivity index (χ2v) is 9.22. The van der Waals surface area contributed by atoms with Gasteiger partial charge in [0, 0.05) is 42.8 Å². The number of hydrogen-bond acceptors (Lipinski definition) is 5. The number of anilines is 1. The molecule has 2 aliphatic heterocycles. The third kappa shape index (κ3) is 3.77. The number of thiophene rings is 1. The molecule has 0 saturated heterocycles. The van der Waals surface area contributed by atoms with Crippen molar-refractivity contribution < 1.29 is 9.21 Å². The number of rotatable bonds is 6. The Morgan fingerprint density at radius 2 is 2.13 bits per heavy atom. The molecule has 2 aliphatic rings. The minimum Gasteiger partial charge on any atom is -0.467 e. The minimum atomic E-state index is -0.0490. The number of furan rings is 1. The first-order valence-corrected chi connectivity index (χ1v) is 11.5. The van der Waals surface area contributed by atoms with Crippen LogP contribution >= 0.6 is 11.3 Å². The van der Waals surface area contributed by atoms with Gasteiger partial charge < -0.3 is 14.6 Å². The fraction of sp³-hybridized carbons (Fsp3) is 0.375. The molecule has 1 atom stereocenters. The molecule has 4 heterocycles. The van der Waals surface area contributed by atoms with Crippen LogP contribution in [0.3, 0.4) is 0 Å². The molecular formula is C24H27N3O2S. The summed E-state index contributed by atoms with van der Waals surface area (Å²) < 4.78 is 5.73. The van der Waals surface area contributed by atoms with Gasteiger partial charge >= 0.3 is 0 Å². The Morgan fingerprint density at radius 1 is 1.23 bits per heavy atom. The summed E-state index contributed by atoms with van der Waals surface area (Å²) in [6.45, 7) is 6.39. The van der Waals surface area contributed by atoms with E-state index in [1.165, 1.54) is 21.7 Å². The van der Waals surface area contributed by atoms with Crippen molar-refractivity contribution in [3.63, 3.8) is 0 Å². The molecule has 1 unspecified atom stereocenters. The van der Waals surface area contributed by atoms with E-state index < -0.39 is 0 Å². The quantitative estimate of drug-likeness (QED) is 0.652. The summed E-state index contributed by atoms with van der Waals surface area (Å²) in [6.07, 6.45) is 3.77. The zero-order valence-electron chi connectivity index (χ0n) is 17.3. The maximum atomic E-state index is 12.8. The number of carbonyl (C=O) groups excluding carboxylic acids is 1. The number of hydrogen-bond donors (Lipinski definition) is 1. The first-order chi connectivity index (χ1) is 14.7. The highest BCUT2D eigenvalue weighted by Crippen LogP contribution is 2.33. The van der Waals surface area contributed by atoms with Crippen LogP contribution in [0.1, 0.15) is 39.0 Å². The lowest BCUT2D eigenvalue weighted by Gasteiger charge is -2.26. The van der Waals surface area contributed by atoms with Crippen LogP contribution in [-0.2, 0) is 25.9 Å². The second-order valence-electron chi connectivity index (χ2n) is 8.22. The summed E-state index contributed by atoms with van der Waals surface area (Å²) >= 11 is 1.85. The van der Waals surface area contributed by atoms with E-state index >= 15 is 0 Å². The number of benzene rings is 1. The molecule has 0 saturated carbocycles. The van der Waals surface area contributed by atoms with E-state index in [2.05, 4.69) is 57.8 Å². The number of nitrogens with zero attached hydrogens (tertiary/aromatic N) is 2. The zero-order chi connectivity index (χ0) is 20.5. The van der Waals surface area contributed by atoms with Crippen LogP contribution in [0, 0.1) is 0 Å². The van der Waals surface area contributed by atoms with Gasteiger partial charge in [-0.15, -0.1) is 11.3 Å². The predicted octanol–water partition coefficient (Wildman–Crippen LogP) is 4.08. The lowest BCUT2D eigenvalue weighted by atomic mass is 10.1. The molecule has 156 valence electrons. The van der Waals surface area contributed by atoms with Crippen LogP contribution < -0.4 is 10.2 Å². The van der Waals surface area contributed by atoms with E-state index in [-0.39, 0.29) is 5.91 Å². The molecule has 1 amide bonds. The van der Waals surface area contributed by atoms with Gasteiger partial charge in [0.1, 0.15) is 5.76 Å². The van der Waals surface area contributed by atoms with Gasteiger partial charge in [-0.05, 0) is 54.5 Å². The van der Waals surface area contributed by atoms with Crippen molar-refractivity contribution in [1.29, 1.82) is 0 Å². The highest BCUT2D eigenvalue weighted by molar-refractivity contribution is 7.10. The number of amides is 1. The van der Waals surface area contributed by atoms with E-state index in [1.54, 1.807) is 12.3 Å². The van der Waals surface area contributed by atoms with Gasteiger partial charge in [0.2, 0.25) is 0 Å². The van der Waals surface area contributed by atoms with Gasteiger partial charge in [0.25, 0.3) is 5.91 Å². The van der Waals surface area contributed by atoms with Gasteiger partial charge in [-0.25, -0.2) is 0 Å². The van der Waals surface area contributed by atoms with Crippen LogP contribution in [0.5, 0.6) is 0 Å². The SMILES string of the molecule is CC1Cc2ccccc2N1Cc1occc1C(=O)NCCN1CCc2sccc2C1. The smallest absolute Gasteiger partial charge is 0.254 e. The molecule has 1 N–H and O–H groups in total. The van der Waals surface area contributed by atoms with Crippen molar-refractivity contribution >= 4 is 22.9 Å². The molecule has 2 aromatic heterocycles. The van der Waals surface area contributed by atoms with Crippen molar-refractivity contribution in [2.45, 2.75) is 38.9 Å². The molecule has 30 heavy (non-hydrogen) atoms. The van der Waals surface area contributed by atoms with Gasteiger partial charge in [-0.1, -0.05) is 18.2 Å². The Labute approximate surface area is 181 Å². The molecule has 0 radical (unpaired) electrons. The first kappa shape index (κ1) is 19.4. The molecular weight excluding hydrogens is 394 g/mol. The zero-order valence-corrected chi connectivity index (χ0v) is 18.1. The maximum absolute atomic E-state index is 12.8. The normalized spacial score (nSPS) is 18.3. The van der Waals surface area contributed by atoms with Crippen molar-refractivity contribution in [2.24, 2.45) is 0 Å². The van der Waals surface area contributed by atoms with E-state index in [9.17, 15) is 4.79 Å². The van der Waals surface area contributed by atoms with Gasteiger partial charge in [0.05, 0.1) is 18.4 Å². The molecule has 3 aromatic rings. The molecule has 5 rings (SSSR count). The van der Waals surface area contributed by atoms with Crippen molar-refractivity contribution in [3.8, 4) is 0 Å². The first-order valence-electron chi connectivity index (χ1n) is 10.7. The molecule has 0 spiro atoms. The number of carbonyl (C=O) groups is 1. The summed E-state index contributed by atoms with van der Waals surface area (Å²) in [6, 6.07) is 12.9. The minimum absolute atomic E-state index is 0.0490. The second kappa shape index (κ2) is 8.28. The molecule has 0 bridgehead atoms. The van der Waals surface area contributed by atoms with Crippen LogP contribution in [0.25, 0.3) is 0 Å². The van der Waals surface area contributed by atoms with Crippen LogP contribution in [0.2, 0.25) is 0 Å². The summed E-state index contributed by atoms with van der Waals surface area (Å²) in [7, 11) is 0. The maximum Gasteiger partial charge on any atom is 0.254 e. The average Bonchev–Trinajstić information content (AvgIpc) is 3.47. The third-order valence-corrected chi connectivity index (χ3v) is 7.28. The van der Waals surface area contributed by atoms with Gasteiger partial charge in [-0.2, -0.15) is 0 Å². The third-order valence-electron chi connectivity index (χ3n) is 6.25. The predicted molar refractivity (Wildman–Crippen MR) is 120 cm³/mol. The topological polar surface area (TPSA) is 48.7 Å². The Balaban J connectivity index is 1.18. The van der Waals surface area contributed by atoms with E-state index in [1.807, 2.05) is 11.3 Å². The fourth-order valence-electron chi connectivity index (χ4n) is 4.61. The van der Waals surface area contributed by atoms with Crippen molar-refractivity contribution in [3.05, 3.63) is 75.4 Å². The van der Waals surface area contributed by atoms with Crippen LogP contribution in [0.4, 0.5) is 5.69 Å². The van der Waals surface area contributed by atoms with Crippen molar-refractivity contribution in [1.82, 2.24) is 10.2 Å². The molecule has 1 aromatic carbocycles. The molecule has 0 fully saturated rings. The number of para-hydroxylation sites is 1. The summed E-state index contributed by atoms with van der Waals surface area (Å²) in [5, 5.41) is 5.27. The highest BCUT2D eigenvalue weighted by atomic mass is 32.1. The Morgan fingerprint density at radius 3 is 3.07 bits per heavy atom. The summed E-state index contributed by atoms with van der Waals surface area (Å²) in [5.41, 5.74) is 4.68. The fourth-order valence-corrected chi connectivity index (χ4v) is 5.50. The van der Waals surface area contributed by atoms with Crippen LogP contribution in [-0.4, -0.2) is 36.5 Å². The monoisotopic (exact) mass is 421 g/mol. The molecule has 6 heteroatoms. The lowest BCUT2D eigenvalue weighted by Crippen LogP contribution is -2.37. The summed E-state index contributed by atoms with van der Waals surface area (Å²) in [4.78, 5) is 19.1. The largest absolute Gasteiger partial charge is 0.467 e. The van der Waals surface area contributed by atoms with E-state index in [4.69, 9.17) is 4.42 Å². The van der Waals surface area contributed by atoms with Crippen LogP contribution in [0.15, 0.2) is 52.5 Å². The average molecular weight is 422 g/mol. The molecule has 5 nitrogen and oxygen atoms in total. The van der Waals surface area contributed by atoms with Gasteiger partial charge in [-0.3, -0.25) is 9.69 Å². The van der Waals surface area contributed by atoms with Crippen molar-refractivity contribution in [2.75, 3.05) is 24.5 Å². The Kier molecular flexibility index (Phi) is 5.35. The van der Waals surface area contributed by atoms with E-state index in [0.717, 1.165) is 38.2 Å². The standard InChI is InChI=1S/C24H27N3O2S/c1-17-14-18-4-2-3-5-21(18)27(17)16-22-20(7-12-29-22)24(28)25-9-11-26-10-6-23-19(15-26)8-13-30-23/h2-5,7-8,12-13,17H,6,9-11,14-16H2,1H3,(H,25,28). The van der Waals surface area contributed by atoms with Gasteiger partial charge in [0.15, 0.2) is 0 Å². The Hall–Kier alpha value is -2.57.